The first-order valence-electron chi connectivity index (χ1n) is 8.77. The Morgan fingerprint density at radius 3 is 2.50 bits per heavy atom. The van der Waals surface area contributed by atoms with Crippen molar-refractivity contribution in [3.05, 3.63) is 98.6 Å². The minimum absolute atomic E-state index is 0.0461. The number of thiazole rings is 1. The molecular formula is C22H17ClN2OS2. The normalized spacial score (nSPS) is 11.9. The Morgan fingerprint density at radius 2 is 1.79 bits per heavy atom. The molecule has 1 atom stereocenters. The van der Waals surface area contributed by atoms with E-state index in [2.05, 4.69) is 10.3 Å². The van der Waals surface area contributed by atoms with Gasteiger partial charge in [0, 0.05) is 20.8 Å². The van der Waals surface area contributed by atoms with Crippen LogP contribution in [0.1, 0.15) is 22.2 Å². The Hall–Kier alpha value is -2.47. The van der Waals surface area contributed by atoms with Crippen molar-refractivity contribution in [1.82, 2.24) is 10.3 Å². The van der Waals surface area contributed by atoms with Crippen LogP contribution in [0.15, 0.2) is 77.5 Å². The van der Waals surface area contributed by atoms with Gasteiger partial charge in [-0.1, -0.05) is 60.1 Å². The molecule has 2 aromatic carbocycles. The lowest BCUT2D eigenvalue weighted by atomic mass is 10.1. The van der Waals surface area contributed by atoms with Gasteiger partial charge in [-0.15, -0.1) is 22.7 Å². The van der Waals surface area contributed by atoms with Crippen LogP contribution >= 0.6 is 34.3 Å². The van der Waals surface area contributed by atoms with Gasteiger partial charge in [-0.2, -0.15) is 0 Å². The summed E-state index contributed by atoms with van der Waals surface area (Å²) < 4.78 is 0. The van der Waals surface area contributed by atoms with Crippen LogP contribution in [-0.4, -0.2) is 10.9 Å². The monoisotopic (exact) mass is 424 g/mol. The van der Waals surface area contributed by atoms with Crippen molar-refractivity contribution in [3.8, 4) is 10.6 Å². The molecule has 1 amide bonds. The van der Waals surface area contributed by atoms with Crippen LogP contribution in [0.4, 0.5) is 0 Å². The van der Waals surface area contributed by atoms with Crippen molar-refractivity contribution in [2.24, 2.45) is 0 Å². The standard InChI is InChI=1S/C22H17ClN2OS2/c23-17-10-8-16(9-11-17)22-24-18(14-28-22)13-20(26)25-21(19-7-4-12-27-19)15-5-2-1-3-6-15/h1-12,14,21H,13H2,(H,25,26). The van der Waals surface area contributed by atoms with Gasteiger partial charge in [0.25, 0.3) is 0 Å². The number of carbonyl (C=O) groups is 1. The van der Waals surface area contributed by atoms with Gasteiger partial charge in [-0.3, -0.25) is 4.79 Å². The van der Waals surface area contributed by atoms with Gasteiger partial charge < -0.3 is 5.32 Å². The second kappa shape index (κ2) is 8.69. The number of nitrogens with one attached hydrogen (secondary N) is 1. The van der Waals surface area contributed by atoms with Crippen LogP contribution in [0, 0.1) is 0 Å². The summed E-state index contributed by atoms with van der Waals surface area (Å²) in [7, 11) is 0. The molecule has 6 heteroatoms. The number of carbonyl (C=O) groups excluding carboxylic acids is 1. The van der Waals surface area contributed by atoms with Crippen molar-refractivity contribution in [3.63, 3.8) is 0 Å². The lowest BCUT2D eigenvalue weighted by molar-refractivity contribution is -0.120. The highest BCUT2D eigenvalue weighted by Crippen LogP contribution is 2.27. The maximum absolute atomic E-state index is 12.7. The molecule has 4 aromatic rings. The predicted octanol–water partition coefficient (Wildman–Crippen LogP) is 5.97. The van der Waals surface area contributed by atoms with Crippen LogP contribution in [0.25, 0.3) is 10.6 Å². The quantitative estimate of drug-likeness (QED) is 0.414. The summed E-state index contributed by atoms with van der Waals surface area (Å²) in [5, 5.41) is 8.70. The summed E-state index contributed by atoms with van der Waals surface area (Å²) in [5.74, 6) is -0.0461. The van der Waals surface area contributed by atoms with Crippen molar-refractivity contribution < 1.29 is 4.79 Å². The minimum atomic E-state index is -0.150. The number of rotatable bonds is 6. The maximum Gasteiger partial charge on any atom is 0.226 e. The maximum atomic E-state index is 12.7. The smallest absolute Gasteiger partial charge is 0.226 e. The number of aromatic nitrogens is 1. The number of benzene rings is 2. The Morgan fingerprint density at radius 1 is 1.00 bits per heavy atom. The van der Waals surface area contributed by atoms with Crippen molar-refractivity contribution >= 4 is 40.2 Å². The van der Waals surface area contributed by atoms with E-state index in [9.17, 15) is 4.79 Å². The summed E-state index contributed by atoms with van der Waals surface area (Å²) in [6.07, 6.45) is 0.249. The number of hydrogen-bond acceptors (Lipinski definition) is 4. The van der Waals surface area contributed by atoms with E-state index >= 15 is 0 Å². The second-order valence-corrected chi connectivity index (χ2v) is 8.53. The third-order valence-corrected chi connectivity index (χ3v) is 6.38. The second-order valence-electron chi connectivity index (χ2n) is 6.25. The number of nitrogens with zero attached hydrogens (tertiary/aromatic N) is 1. The zero-order valence-electron chi connectivity index (χ0n) is 14.8. The molecule has 0 spiro atoms. The number of thiophene rings is 1. The molecule has 0 saturated heterocycles. The Bertz CT molecular complexity index is 1040. The van der Waals surface area contributed by atoms with Crippen LogP contribution in [0.5, 0.6) is 0 Å². The van der Waals surface area contributed by atoms with E-state index in [-0.39, 0.29) is 18.4 Å². The van der Waals surface area contributed by atoms with E-state index < -0.39 is 0 Å². The largest absolute Gasteiger partial charge is 0.344 e. The van der Waals surface area contributed by atoms with Crippen LogP contribution in [-0.2, 0) is 11.2 Å². The topological polar surface area (TPSA) is 42.0 Å². The van der Waals surface area contributed by atoms with Gasteiger partial charge >= 0.3 is 0 Å². The lowest BCUT2D eigenvalue weighted by Crippen LogP contribution is -2.30. The third-order valence-electron chi connectivity index (χ3n) is 4.25. The number of amides is 1. The molecule has 2 heterocycles. The molecule has 1 unspecified atom stereocenters. The predicted molar refractivity (Wildman–Crippen MR) is 117 cm³/mol. The fourth-order valence-corrected chi connectivity index (χ4v) is 4.66. The first-order chi connectivity index (χ1) is 13.7. The molecule has 4 rings (SSSR count). The lowest BCUT2D eigenvalue weighted by Gasteiger charge is -2.17. The van der Waals surface area contributed by atoms with E-state index in [4.69, 9.17) is 11.6 Å². The van der Waals surface area contributed by atoms with Gasteiger partial charge in [0.15, 0.2) is 0 Å². The first-order valence-corrected chi connectivity index (χ1v) is 10.9. The first kappa shape index (κ1) is 18.9. The summed E-state index contributed by atoms with van der Waals surface area (Å²) in [4.78, 5) is 18.4. The van der Waals surface area contributed by atoms with Crippen LogP contribution < -0.4 is 5.32 Å². The molecule has 0 bridgehead atoms. The summed E-state index contributed by atoms with van der Waals surface area (Å²) >= 11 is 9.11. The van der Waals surface area contributed by atoms with Gasteiger partial charge in [0.1, 0.15) is 5.01 Å². The minimum Gasteiger partial charge on any atom is -0.344 e. The van der Waals surface area contributed by atoms with Crippen molar-refractivity contribution in [2.75, 3.05) is 0 Å². The van der Waals surface area contributed by atoms with Crippen LogP contribution in [0.3, 0.4) is 0 Å². The highest BCUT2D eigenvalue weighted by molar-refractivity contribution is 7.13. The Balaban J connectivity index is 1.48. The molecule has 28 heavy (non-hydrogen) atoms. The molecule has 0 radical (unpaired) electrons. The van der Waals surface area contributed by atoms with E-state index in [1.807, 2.05) is 77.5 Å². The number of hydrogen-bond donors (Lipinski definition) is 1. The fourth-order valence-electron chi connectivity index (χ4n) is 2.91. The average molecular weight is 425 g/mol. The SMILES string of the molecule is O=C(Cc1csc(-c2ccc(Cl)cc2)n1)NC(c1ccccc1)c1cccs1. The molecule has 0 aliphatic heterocycles. The summed E-state index contributed by atoms with van der Waals surface area (Å²) in [6.45, 7) is 0. The molecule has 0 saturated carbocycles. The van der Waals surface area contributed by atoms with Gasteiger partial charge in [-0.25, -0.2) is 4.98 Å². The van der Waals surface area contributed by atoms with Crippen molar-refractivity contribution in [2.45, 2.75) is 12.5 Å². The molecule has 3 nitrogen and oxygen atoms in total. The molecule has 0 aliphatic carbocycles. The summed E-state index contributed by atoms with van der Waals surface area (Å²) in [5.41, 5.74) is 2.84. The average Bonchev–Trinajstić information content (AvgIpc) is 3.40. The molecule has 0 fully saturated rings. The van der Waals surface area contributed by atoms with Gasteiger partial charge in [-0.05, 0) is 29.1 Å². The zero-order chi connectivity index (χ0) is 19.3. The van der Waals surface area contributed by atoms with Gasteiger partial charge in [0.2, 0.25) is 5.91 Å². The summed E-state index contributed by atoms with van der Waals surface area (Å²) in [6, 6.07) is 21.5. The molecular weight excluding hydrogens is 408 g/mol. The highest BCUT2D eigenvalue weighted by Gasteiger charge is 2.18. The van der Waals surface area contributed by atoms with Gasteiger partial charge in [0.05, 0.1) is 18.2 Å². The molecule has 2 aromatic heterocycles. The molecule has 1 N–H and O–H groups in total. The zero-order valence-corrected chi connectivity index (χ0v) is 17.2. The van der Waals surface area contributed by atoms with E-state index in [0.29, 0.717) is 5.02 Å². The van der Waals surface area contributed by atoms with E-state index in [0.717, 1.165) is 26.7 Å². The van der Waals surface area contributed by atoms with E-state index in [1.54, 1.807) is 11.3 Å². The van der Waals surface area contributed by atoms with Crippen molar-refractivity contribution in [1.29, 1.82) is 0 Å². The molecule has 140 valence electrons. The van der Waals surface area contributed by atoms with Crippen LogP contribution in [0.2, 0.25) is 5.02 Å². The Kier molecular flexibility index (Phi) is 5.86. The molecule has 0 aliphatic rings. The highest BCUT2D eigenvalue weighted by atomic mass is 35.5. The van der Waals surface area contributed by atoms with E-state index in [1.165, 1.54) is 11.3 Å². The number of halogens is 1. The third kappa shape index (κ3) is 4.50. The fraction of sp³-hybridized carbons (Fsp3) is 0.0909. The Labute approximate surface area is 176 Å².